The number of hydrogen-bond acceptors (Lipinski definition) is 3. The topological polar surface area (TPSA) is 37.3 Å². The lowest BCUT2D eigenvalue weighted by Crippen LogP contribution is -2.25. The van der Waals surface area contributed by atoms with E-state index in [0.29, 0.717) is 0 Å². The van der Waals surface area contributed by atoms with Crippen molar-refractivity contribution >= 4 is 5.82 Å². The van der Waals surface area contributed by atoms with Gasteiger partial charge in [-0.1, -0.05) is 30.3 Å². The Hall–Kier alpha value is -2.07. The Labute approximate surface area is 119 Å². The van der Waals surface area contributed by atoms with Crippen LogP contribution < -0.4 is 10.9 Å². The van der Waals surface area contributed by atoms with Crippen molar-refractivity contribution in [2.45, 2.75) is 0 Å². The lowest BCUT2D eigenvalue weighted by atomic mass is 10.1. The smallest absolute Gasteiger partial charge is 0.252 e. The minimum Gasteiger partial charge on any atom is -0.370 e. The maximum absolute atomic E-state index is 12.0. The zero-order valence-corrected chi connectivity index (χ0v) is 12.3. The molecule has 0 fully saturated rings. The summed E-state index contributed by atoms with van der Waals surface area (Å²) in [6.07, 6.45) is 0. The number of aromatic nitrogens is 1. The van der Waals surface area contributed by atoms with Gasteiger partial charge >= 0.3 is 0 Å². The van der Waals surface area contributed by atoms with Crippen LogP contribution in [0.3, 0.4) is 0 Å². The van der Waals surface area contributed by atoms with Crippen molar-refractivity contribution in [1.82, 2.24) is 9.47 Å². The van der Waals surface area contributed by atoms with Gasteiger partial charge in [0.25, 0.3) is 5.56 Å². The molecule has 0 aliphatic rings. The number of nitrogens with zero attached hydrogens (tertiary/aromatic N) is 2. The zero-order chi connectivity index (χ0) is 14.5. The largest absolute Gasteiger partial charge is 0.370 e. The quantitative estimate of drug-likeness (QED) is 0.904. The lowest BCUT2D eigenvalue weighted by molar-refractivity contribution is 0.425. The summed E-state index contributed by atoms with van der Waals surface area (Å²) >= 11 is 0. The van der Waals surface area contributed by atoms with Gasteiger partial charge in [0.05, 0.1) is 0 Å². The number of hydrogen-bond donors (Lipinski definition) is 1. The number of rotatable bonds is 5. The molecule has 2 aromatic rings. The molecule has 0 amide bonds. The molecular formula is C16H21N3O. The van der Waals surface area contributed by atoms with Crippen LogP contribution in [-0.2, 0) is 7.05 Å². The number of anilines is 1. The highest BCUT2D eigenvalue weighted by Crippen LogP contribution is 2.20. The normalized spacial score (nSPS) is 10.8. The Morgan fingerprint density at radius 2 is 1.80 bits per heavy atom. The molecule has 0 spiro atoms. The molecule has 1 aromatic carbocycles. The third-order valence-corrected chi connectivity index (χ3v) is 3.24. The van der Waals surface area contributed by atoms with Gasteiger partial charge in [0, 0.05) is 26.2 Å². The second-order valence-electron chi connectivity index (χ2n) is 5.12. The fourth-order valence-corrected chi connectivity index (χ4v) is 2.01. The Kier molecular flexibility index (Phi) is 4.58. The summed E-state index contributed by atoms with van der Waals surface area (Å²) in [5.41, 5.74) is 2.00. The summed E-state index contributed by atoms with van der Waals surface area (Å²) < 4.78 is 1.64. The molecule has 0 saturated carbocycles. The second-order valence-corrected chi connectivity index (χ2v) is 5.12. The Bertz CT molecular complexity index is 617. The molecule has 0 unspecified atom stereocenters. The van der Waals surface area contributed by atoms with Gasteiger partial charge in [0.2, 0.25) is 0 Å². The first-order valence-corrected chi connectivity index (χ1v) is 6.73. The van der Waals surface area contributed by atoms with Crippen LogP contribution in [0.1, 0.15) is 0 Å². The van der Waals surface area contributed by atoms with Crippen molar-refractivity contribution in [2.75, 3.05) is 32.5 Å². The highest BCUT2D eigenvalue weighted by atomic mass is 16.1. The van der Waals surface area contributed by atoms with Gasteiger partial charge in [-0.05, 0) is 31.3 Å². The molecule has 1 heterocycles. The van der Waals surface area contributed by atoms with Gasteiger partial charge in [-0.15, -0.1) is 0 Å². The SMILES string of the molecule is CN(C)CCNc1cc(-c2ccccc2)cc(=O)n1C. The maximum atomic E-state index is 12.0. The summed E-state index contributed by atoms with van der Waals surface area (Å²) in [6, 6.07) is 13.6. The van der Waals surface area contributed by atoms with E-state index in [1.54, 1.807) is 17.7 Å². The summed E-state index contributed by atoms with van der Waals surface area (Å²) in [7, 11) is 5.84. The van der Waals surface area contributed by atoms with Crippen molar-refractivity contribution in [1.29, 1.82) is 0 Å². The Balaban J connectivity index is 2.28. The fraction of sp³-hybridized carbons (Fsp3) is 0.312. The van der Waals surface area contributed by atoms with Gasteiger partial charge in [0.1, 0.15) is 5.82 Å². The van der Waals surface area contributed by atoms with E-state index in [1.165, 1.54) is 0 Å². The molecule has 4 heteroatoms. The van der Waals surface area contributed by atoms with Gasteiger partial charge in [-0.3, -0.25) is 9.36 Å². The molecule has 0 aliphatic carbocycles. The van der Waals surface area contributed by atoms with Crippen LogP contribution in [0.4, 0.5) is 5.82 Å². The summed E-state index contributed by atoms with van der Waals surface area (Å²) in [4.78, 5) is 14.1. The van der Waals surface area contributed by atoms with Gasteiger partial charge in [0.15, 0.2) is 0 Å². The van der Waals surface area contributed by atoms with Crippen molar-refractivity contribution in [3.63, 3.8) is 0 Å². The monoisotopic (exact) mass is 271 g/mol. The fourth-order valence-electron chi connectivity index (χ4n) is 2.01. The van der Waals surface area contributed by atoms with Crippen LogP contribution in [0.2, 0.25) is 0 Å². The molecule has 0 bridgehead atoms. The van der Waals surface area contributed by atoms with Gasteiger partial charge < -0.3 is 10.2 Å². The van der Waals surface area contributed by atoms with Crippen molar-refractivity contribution in [3.8, 4) is 11.1 Å². The van der Waals surface area contributed by atoms with Gasteiger partial charge in [-0.2, -0.15) is 0 Å². The molecule has 0 atom stereocenters. The van der Waals surface area contributed by atoms with E-state index >= 15 is 0 Å². The summed E-state index contributed by atoms with van der Waals surface area (Å²) in [6.45, 7) is 1.72. The van der Waals surface area contributed by atoms with Crippen LogP contribution in [0, 0.1) is 0 Å². The predicted molar refractivity (Wildman–Crippen MR) is 84.2 cm³/mol. The van der Waals surface area contributed by atoms with Crippen molar-refractivity contribution in [3.05, 3.63) is 52.8 Å². The lowest BCUT2D eigenvalue weighted by Gasteiger charge is -2.15. The first-order chi connectivity index (χ1) is 9.58. The van der Waals surface area contributed by atoms with Crippen molar-refractivity contribution < 1.29 is 0 Å². The number of benzene rings is 1. The molecule has 4 nitrogen and oxygen atoms in total. The predicted octanol–water partition coefficient (Wildman–Crippen LogP) is 2.03. The third kappa shape index (κ3) is 3.48. The molecule has 1 N–H and O–H groups in total. The molecule has 20 heavy (non-hydrogen) atoms. The highest BCUT2D eigenvalue weighted by Gasteiger charge is 2.05. The molecule has 0 saturated heterocycles. The van der Waals surface area contributed by atoms with E-state index in [-0.39, 0.29) is 5.56 Å². The van der Waals surface area contributed by atoms with E-state index < -0.39 is 0 Å². The standard InChI is InChI=1S/C16H21N3O/c1-18(2)10-9-17-15-11-14(12-16(20)19(15)3)13-7-5-4-6-8-13/h4-8,11-12,17H,9-10H2,1-3H3. The highest BCUT2D eigenvalue weighted by molar-refractivity contribution is 5.66. The molecule has 0 aliphatic heterocycles. The number of nitrogens with one attached hydrogen (secondary N) is 1. The third-order valence-electron chi connectivity index (χ3n) is 3.24. The van der Waals surface area contributed by atoms with Crippen LogP contribution >= 0.6 is 0 Å². The van der Waals surface area contributed by atoms with Gasteiger partial charge in [-0.25, -0.2) is 0 Å². The first kappa shape index (κ1) is 14.3. The number of pyridine rings is 1. The minimum absolute atomic E-state index is 0.00120. The first-order valence-electron chi connectivity index (χ1n) is 6.73. The maximum Gasteiger partial charge on any atom is 0.252 e. The van der Waals surface area contributed by atoms with E-state index in [0.717, 1.165) is 30.0 Å². The zero-order valence-electron chi connectivity index (χ0n) is 12.3. The van der Waals surface area contributed by atoms with E-state index in [1.807, 2.05) is 50.5 Å². The summed E-state index contributed by atoms with van der Waals surface area (Å²) in [5, 5.41) is 3.32. The average Bonchev–Trinajstić information content (AvgIpc) is 2.44. The molecule has 0 radical (unpaired) electrons. The van der Waals surface area contributed by atoms with E-state index in [9.17, 15) is 4.79 Å². The van der Waals surface area contributed by atoms with Crippen LogP contribution in [-0.4, -0.2) is 36.7 Å². The van der Waals surface area contributed by atoms with Crippen LogP contribution in [0.15, 0.2) is 47.3 Å². The Morgan fingerprint density at radius 1 is 1.10 bits per heavy atom. The molecule has 2 rings (SSSR count). The van der Waals surface area contributed by atoms with E-state index in [2.05, 4.69) is 10.2 Å². The average molecular weight is 271 g/mol. The Morgan fingerprint density at radius 3 is 2.45 bits per heavy atom. The minimum atomic E-state index is -0.00120. The van der Waals surface area contributed by atoms with Crippen LogP contribution in [0.5, 0.6) is 0 Å². The molecular weight excluding hydrogens is 250 g/mol. The number of likely N-dealkylation sites (N-methyl/N-ethyl adjacent to an activating group) is 1. The van der Waals surface area contributed by atoms with E-state index in [4.69, 9.17) is 0 Å². The van der Waals surface area contributed by atoms with Crippen molar-refractivity contribution in [2.24, 2.45) is 7.05 Å². The molecule has 1 aromatic heterocycles. The second kappa shape index (κ2) is 6.39. The van der Waals surface area contributed by atoms with Crippen LogP contribution in [0.25, 0.3) is 11.1 Å². The molecule has 106 valence electrons. The summed E-state index contributed by atoms with van der Waals surface area (Å²) in [5.74, 6) is 0.846.